The summed E-state index contributed by atoms with van der Waals surface area (Å²) in [6.45, 7) is 4.77. The number of halogens is 3. The second kappa shape index (κ2) is 9.09. The van der Waals surface area contributed by atoms with Gasteiger partial charge in [0, 0.05) is 18.5 Å². The van der Waals surface area contributed by atoms with Gasteiger partial charge < -0.3 is 14.2 Å². The van der Waals surface area contributed by atoms with Gasteiger partial charge in [-0.2, -0.15) is 13.2 Å². The van der Waals surface area contributed by atoms with Gasteiger partial charge in [0.25, 0.3) is 0 Å². The summed E-state index contributed by atoms with van der Waals surface area (Å²) in [7, 11) is 0. The Hall–Kier alpha value is -2.41. The number of nitrogens with zero attached hydrogens (tertiary/aromatic N) is 1. The standard InChI is InChI=1S/C26H30F3NO3/c1-2-21(25-16-31-22-7-3-4-8-23(22)33-25)30-13-5-6-20-17(15-30)14-24(20)32-19-11-9-18(10-12-19)26(27,28)29/h3-4,7-12,17,20-21,24-25H,2,5-6,13-16H2,1H3. The van der Waals surface area contributed by atoms with E-state index in [-0.39, 0.29) is 18.2 Å². The van der Waals surface area contributed by atoms with Gasteiger partial charge in [0.05, 0.1) is 5.56 Å². The van der Waals surface area contributed by atoms with Crippen LogP contribution < -0.4 is 14.2 Å². The van der Waals surface area contributed by atoms with Gasteiger partial charge in [-0.15, -0.1) is 0 Å². The van der Waals surface area contributed by atoms with Crippen LogP contribution in [0.1, 0.15) is 38.2 Å². The highest BCUT2D eigenvalue weighted by atomic mass is 19.4. The zero-order valence-corrected chi connectivity index (χ0v) is 18.8. The van der Waals surface area contributed by atoms with Gasteiger partial charge in [-0.25, -0.2) is 0 Å². The van der Waals surface area contributed by atoms with E-state index in [1.165, 1.54) is 12.1 Å². The fraction of sp³-hybridized carbons (Fsp3) is 0.538. The third kappa shape index (κ3) is 4.65. The molecule has 1 saturated carbocycles. The van der Waals surface area contributed by atoms with Crippen LogP contribution in [-0.4, -0.2) is 42.8 Å². The molecule has 2 aliphatic heterocycles. The minimum atomic E-state index is -4.32. The van der Waals surface area contributed by atoms with Crippen molar-refractivity contribution in [3.05, 3.63) is 54.1 Å². The van der Waals surface area contributed by atoms with Gasteiger partial charge in [0.1, 0.15) is 24.6 Å². The van der Waals surface area contributed by atoms with E-state index in [4.69, 9.17) is 14.2 Å². The average Bonchev–Trinajstić information content (AvgIpc) is 2.96. The van der Waals surface area contributed by atoms with Crippen LogP contribution in [0, 0.1) is 11.8 Å². The molecule has 2 fully saturated rings. The first-order valence-electron chi connectivity index (χ1n) is 11.9. The van der Waals surface area contributed by atoms with Crippen molar-refractivity contribution in [2.24, 2.45) is 11.8 Å². The number of para-hydroxylation sites is 2. The Morgan fingerprint density at radius 1 is 1.09 bits per heavy atom. The molecule has 2 aromatic carbocycles. The van der Waals surface area contributed by atoms with Crippen LogP contribution in [0.2, 0.25) is 0 Å². The van der Waals surface area contributed by atoms with Gasteiger partial charge in [0.15, 0.2) is 11.5 Å². The third-order valence-electron chi connectivity index (χ3n) is 7.39. The lowest BCUT2D eigenvalue weighted by Gasteiger charge is -2.46. The number of rotatable bonds is 5. The highest BCUT2D eigenvalue weighted by Crippen LogP contribution is 2.44. The van der Waals surface area contributed by atoms with Crippen molar-refractivity contribution in [2.75, 3.05) is 19.7 Å². The van der Waals surface area contributed by atoms with Gasteiger partial charge in [-0.05, 0) is 74.5 Å². The van der Waals surface area contributed by atoms with E-state index < -0.39 is 11.7 Å². The fourth-order valence-electron chi connectivity index (χ4n) is 5.63. The van der Waals surface area contributed by atoms with E-state index in [2.05, 4.69) is 11.8 Å². The lowest BCUT2D eigenvalue weighted by molar-refractivity contribution is -0.137. The molecule has 0 N–H and O–H groups in total. The maximum absolute atomic E-state index is 12.8. The molecule has 2 heterocycles. The van der Waals surface area contributed by atoms with Crippen LogP contribution in [0.3, 0.4) is 0 Å². The number of fused-ring (bicyclic) bond motifs is 2. The summed E-state index contributed by atoms with van der Waals surface area (Å²) in [5.74, 6) is 3.12. The second-order valence-electron chi connectivity index (χ2n) is 9.36. The molecule has 5 atom stereocenters. The lowest BCUT2D eigenvalue weighted by atomic mass is 9.69. The highest BCUT2D eigenvalue weighted by Gasteiger charge is 2.46. The Kier molecular flexibility index (Phi) is 6.16. The fourth-order valence-corrected chi connectivity index (χ4v) is 5.63. The normalized spacial score (nSPS) is 28.2. The highest BCUT2D eigenvalue weighted by molar-refractivity contribution is 5.40. The predicted molar refractivity (Wildman–Crippen MR) is 119 cm³/mol. The molecule has 5 unspecified atom stereocenters. The van der Waals surface area contributed by atoms with Crippen molar-refractivity contribution in [1.29, 1.82) is 0 Å². The summed E-state index contributed by atoms with van der Waals surface area (Å²) in [5.41, 5.74) is -0.645. The number of hydrogen-bond donors (Lipinski definition) is 0. The molecule has 1 aliphatic carbocycles. The Balaban J connectivity index is 1.19. The van der Waals surface area contributed by atoms with E-state index in [1.807, 2.05) is 24.3 Å². The maximum atomic E-state index is 12.8. The van der Waals surface area contributed by atoms with E-state index in [1.54, 1.807) is 0 Å². The topological polar surface area (TPSA) is 30.9 Å². The Labute approximate surface area is 192 Å². The first-order valence-corrected chi connectivity index (χ1v) is 11.9. The molecule has 0 radical (unpaired) electrons. The van der Waals surface area contributed by atoms with Crippen LogP contribution >= 0.6 is 0 Å². The molecule has 7 heteroatoms. The molecule has 0 amide bonds. The second-order valence-corrected chi connectivity index (χ2v) is 9.36. The van der Waals surface area contributed by atoms with E-state index in [9.17, 15) is 13.2 Å². The first-order chi connectivity index (χ1) is 15.9. The van der Waals surface area contributed by atoms with Crippen molar-refractivity contribution in [3.8, 4) is 17.2 Å². The predicted octanol–water partition coefficient (Wildman–Crippen LogP) is 5.80. The lowest BCUT2D eigenvalue weighted by Crippen LogP contribution is -2.53. The molecule has 5 rings (SSSR count). The van der Waals surface area contributed by atoms with Crippen LogP contribution in [0.4, 0.5) is 13.2 Å². The van der Waals surface area contributed by atoms with Gasteiger partial charge in [-0.3, -0.25) is 4.90 Å². The Bertz CT molecular complexity index is 949. The van der Waals surface area contributed by atoms with Gasteiger partial charge in [0.2, 0.25) is 0 Å². The zero-order chi connectivity index (χ0) is 23.0. The summed E-state index contributed by atoms with van der Waals surface area (Å²) in [4.78, 5) is 2.56. The molecule has 178 valence electrons. The molecule has 0 spiro atoms. The molecular weight excluding hydrogens is 431 g/mol. The molecule has 33 heavy (non-hydrogen) atoms. The monoisotopic (exact) mass is 461 g/mol. The number of hydrogen-bond acceptors (Lipinski definition) is 4. The number of likely N-dealkylation sites (tertiary alicyclic amines) is 1. The summed E-state index contributed by atoms with van der Waals surface area (Å²) in [5, 5.41) is 0. The SMILES string of the molecule is CCC(C1COc2ccccc2O1)N1CCCC2C(CC2Oc2ccc(C(F)(F)F)cc2)C1. The minimum Gasteiger partial charge on any atom is -0.490 e. The summed E-state index contributed by atoms with van der Waals surface area (Å²) >= 11 is 0. The average molecular weight is 462 g/mol. The first kappa shape index (κ1) is 22.4. The summed E-state index contributed by atoms with van der Waals surface area (Å²) in [6.07, 6.45) is -0.172. The molecule has 1 saturated heterocycles. The van der Waals surface area contributed by atoms with Crippen molar-refractivity contribution in [2.45, 2.75) is 57.0 Å². The van der Waals surface area contributed by atoms with Crippen molar-refractivity contribution in [1.82, 2.24) is 4.90 Å². The summed E-state index contributed by atoms with van der Waals surface area (Å²) < 4.78 is 56.8. The van der Waals surface area contributed by atoms with E-state index >= 15 is 0 Å². The molecule has 4 nitrogen and oxygen atoms in total. The Morgan fingerprint density at radius 2 is 1.85 bits per heavy atom. The molecular formula is C26H30F3NO3. The van der Waals surface area contributed by atoms with Crippen LogP contribution in [0.15, 0.2) is 48.5 Å². The smallest absolute Gasteiger partial charge is 0.416 e. The number of ether oxygens (including phenoxy) is 3. The van der Waals surface area contributed by atoms with E-state index in [0.717, 1.165) is 62.4 Å². The molecule has 0 bridgehead atoms. The molecule has 2 aromatic rings. The van der Waals surface area contributed by atoms with Crippen LogP contribution in [-0.2, 0) is 6.18 Å². The van der Waals surface area contributed by atoms with Gasteiger partial charge >= 0.3 is 6.18 Å². The third-order valence-corrected chi connectivity index (χ3v) is 7.39. The molecule has 3 aliphatic rings. The van der Waals surface area contributed by atoms with Crippen molar-refractivity contribution < 1.29 is 27.4 Å². The van der Waals surface area contributed by atoms with E-state index in [0.29, 0.717) is 24.2 Å². The quantitative estimate of drug-likeness (QED) is 0.563. The minimum absolute atomic E-state index is 0.000667. The van der Waals surface area contributed by atoms with Gasteiger partial charge in [-0.1, -0.05) is 19.1 Å². The van der Waals surface area contributed by atoms with Crippen molar-refractivity contribution in [3.63, 3.8) is 0 Å². The maximum Gasteiger partial charge on any atom is 0.416 e. The Morgan fingerprint density at radius 3 is 2.58 bits per heavy atom. The molecule has 0 aromatic heterocycles. The van der Waals surface area contributed by atoms with Crippen LogP contribution in [0.5, 0.6) is 17.2 Å². The van der Waals surface area contributed by atoms with Crippen LogP contribution in [0.25, 0.3) is 0 Å². The zero-order valence-electron chi connectivity index (χ0n) is 18.8. The number of alkyl halides is 3. The summed E-state index contributed by atoms with van der Waals surface area (Å²) in [6, 6.07) is 13.2. The van der Waals surface area contributed by atoms with Crippen molar-refractivity contribution >= 4 is 0 Å². The largest absolute Gasteiger partial charge is 0.490 e. The number of benzene rings is 2.